The van der Waals surface area contributed by atoms with Crippen LogP contribution in [0.2, 0.25) is 0 Å². The molecule has 0 fully saturated rings. The highest BCUT2D eigenvalue weighted by molar-refractivity contribution is 9.10. The average Bonchev–Trinajstić information content (AvgIpc) is 2.48. The number of nitrogens with one attached hydrogen (secondary N) is 1. The van der Waals surface area contributed by atoms with Crippen molar-refractivity contribution in [2.75, 3.05) is 7.05 Å². The lowest BCUT2D eigenvalue weighted by atomic mass is 10.1. The van der Waals surface area contributed by atoms with Crippen molar-refractivity contribution in [2.24, 2.45) is 0 Å². The zero-order valence-corrected chi connectivity index (χ0v) is 14.1. The first-order valence-corrected chi connectivity index (χ1v) is 8.01. The first-order valence-electron chi connectivity index (χ1n) is 6.40. The Morgan fingerprint density at radius 1 is 1.24 bits per heavy atom. The summed E-state index contributed by atoms with van der Waals surface area (Å²) in [5.41, 5.74) is 1.30. The van der Waals surface area contributed by atoms with Crippen LogP contribution >= 0.6 is 27.7 Å². The summed E-state index contributed by atoms with van der Waals surface area (Å²) < 4.78 is 1.03. The van der Waals surface area contributed by atoms with E-state index < -0.39 is 0 Å². The van der Waals surface area contributed by atoms with Crippen LogP contribution < -0.4 is 5.32 Å². The Morgan fingerprint density at radius 3 is 2.48 bits per heavy atom. The molecule has 1 N–H and O–H groups in total. The third kappa shape index (κ3) is 4.06. The van der Waals surface area contributed by atoms with Gasteiger partial charge in [0, 0.05) is 32.4 Å². The van der Waals surface area contributed by atoms with E-state index in [2.05, 4.69) is 40.3 Å². The normalized spacial score (nSPS) is 12.1. The van der Waals surface area contributed by atoms with Crippen LogP contribution in [0.5, 0.6) is 0 Å². The minimum atomic E-state index is -0.386. The maximum Gasteiger partial charge on any atom is 0.269 e. The minimum absolute atomic E-state index is 0.110. The minimum Gasteiger partial charge on any atom is -0.313 e. The predicted octanol–water partition coefficient (Wildman–Crippen LogP) is 4.79. The van der Waals surface area contributed by atoms with E-state index in [0.29, 0.717) is 0 Å². The Balaban J connectivity index is 2.28. The number of hydrogen-bond acceptors (Lipinski definition) is 4. The van der Waals surface area contributed by atoms with Crippen molar-refractivity contribution < 1.29 is 4.92 Å². The molecule has 0 radical (unpaired) electrons. The largest absolute Gasteiger partial charge is 0.313 e. The summed E-state index contributed by atoms with van der Waals surface area (Å²) in [7, 11) is 1.92. The number of rotatable bonds is 5. The Hall–Kier alpha value is -1.37. The highest BCUT2D eigenvalue weighted by atomic mass is 79.9. The quantitative estimate of drug-likeness (QED) is 0.610. The smallest absolute Gasteiger partial charge is 0.269 e. The van der Waals surface area contributed by atoms with Gasteiger partial charge < -0.3 is 5.32 Å². The van der Waals surface area contributed by atoms with Crippen LogP contribution in [0.1, 0.15) is 18.5 Å². The van der Waals surface area contributed by atoms with Gasteiger partial charge in [0.25, 0.3) is 5.69 Å². The van der Waals surface area contributed by atoms with Crippen LogP contribution in [0.25, 0.3) is 0 Å². The average molecular weight is 367 g/mol. The maximum atomic E-state index is 10.7. The molecule has 0 saturated carbocycles. The summed E-state index contributed by atoms with van der Waals surface area (Å²) in [6.07, 6.45) is 0. The molecule has 0 aliphatic rings. The zero-order chi connectivity index (χ0) is 15.4. The second-order valence-electron chi connectivity index (χ2n) is 4.55. The number of halogens is 1. The summed E-state index contributed by atoms with van der Waals surface area (Å²) >= 11 is 5.10. The van der Waals surface area contributed by atoms with Gasteiger partial charge in [-0.15, -0.1) is 0 Å². The summed E-state index contributed by atoms with van der Waals surface area (Å²) in [5.74, 6) is 0. The monoisotopic (exact) mass is 366 g/mol. The van der Waals surface area contributed by atoms with Gasteiger partial charge >= 0.3 is 0 Å². The SMILES string of the molecule is CNC(C)c1cc(Br)ccc1Sc1ccc([N+](=O)[O-])cc1. The van der Waals surface area contributed by atoms with Crippen molar-refractivity contribution in [1.82, 2.24) is 5.32 Å². The van der Waals surface area contributed by atoms with Crippen molar-refractivity contribution in [3.63, 3.8) is 0 Å². The second kappa shape index (κ2) is 7.06. The van der Waals surface area contributed by atoms with Gasteiger partial charge in [0.2, 0.25) is 0 Å². The van der Waals surface area contributed by atoms with Crippen LogP contribution in [0.15, 0.2) is 56.7 Å². The van der Waals surface area contributed by atoms with Gasteiger partial charge in [-0.05, 0) is 49.9 Å². The molecule has 21 heavy (non-hydrogen) atoms. The molecule has 0 saturated heterocycles. The number of hydrogen-bond donors (Lipinski definition) is 1. The molecule has 0 bridgehead atoms. The lowest BCUT2D eigenvalue weighted by Crippen LogP contribution is -2.13. The Morgan fingerprint density at radius 2 is 1.90 bits per heavy atom. The van der Waals surface area contributed by atoms with Crippen molar-refractivity contribution >= 4 is 33.4 Å². The molecule has 2 rings (SSSR count). The van der Waals surface area contributed by atoms with E-state index in [9.17, 15) is 10.1 Å². The predicted molar refractivity (Wildman–Crippen MR) is 88.8 cm³/mol. The van der Waals surface area contributed by atoms with Crippen LogP contribution in [-0.2, 0) is 0 Å². The van der Waals surface area contributed by atoms with Crippen molar-refractivity contribution in [1.29, 1.82) is 0 Å². The molecule has 0 aliphatic carbocycles. The lowest BCUT2D eigenvalue weighted by Gasteiger charge is -2.16. The first kappa shape index (κ1) is 16.0. The fourth-order valence-electron chi connectivity index (χ4n) is 1.87. The van der Waals surface area contributed by atoms with E-state index in [1.165, 1.54) is 17.7 Å². The van der Waals surface area contributed by atoms with Crippen LogP contribution in [0.4, 0.5) is 5.69 Å². The summed E-state index contributed by atoms with van der Waals surface area (Å²) in [5, 5.41) is 13.9. The number of benzene rings is 2. The van der Waals surface area contributed by atoms with Gasteiger partial charge in [0.05, 0.1) is 4.92 Å². The van der Waals surface area contributed by atoms with Crippen molar-refractivity contribution in [3.8, 4) is 0 Å². The van der Waals surface area contributed by atoms with E-state index in [1.807, 2.05) is 13.1 Å². The van der Waals surface area contributed by atoms with Crippen molar-refractivity contribution in [2.45, 2.75) is 22.8 Å². The molecular formula is C15H15BrN2O2S. The van der Waals surface area contributed by atoms with Gasteiger partial charge in [-0.2, -0.15) is 0 Å². The fourth-order valence-corrected chi connectivity index (χ4v) is 3.26. The van der Waals surface area contributed by atoms with Crippen LogP contribution in [0, 0.1) is 10.1 Å². The number of non-ortho nitro benzene ring substituents is 1. The maximum absolute atomic E-state index is 10.7. The Bertz CT molecular complexity index is 647. The third-order valence-corrected chi connectivity index (χ3v) is 4.74. The molecule has 1 unspecified atom stereocenters. The molecule has 0 aliphatic heterocycles. The van der Waals surface area contributed by atoms with E-state index in [-0.39, 0.29) is 16.7 Å². The first-order chi connectivity index (χ1) is 10.0. The standard InChI is InChI=1S/C15H15BrN2O2S/c1-10(17-2)14-9-11(16)3-8-15(14)21-13-6-4-12(5-7-13)18(19)20/h3-10,17H,1-2H3. The number of nitro groups is 1. The molecule has 110 valence electrons. The highest BCUT2D eigenvalue weighted by Gasteiger charge is 2.12. The summed E-state index contributed by atoms with van der Waals surface area (Å²) in [6.45, 7) is 2.10. The Labute approximate surface area is 136 Å². The van der Waals surface area contributed by atoms with Crippen LogP contribution in [-0.4, -0.2) is 12.0 Å². The fraction of sp³-hybridized carbons (Fsp3) is 0.200. The molecule has 2 aromatic carbocycles. The second-order valence-corrected chi connectivity index (χ2v) is 6.58. The molecule has 0 amide bonds. The lowest BCUT2D eigenvalue weighted by molar-refractivity contribution is -0.384. The highest BCUT2D eigenvalue weighted by Crippen LogP contribution is 2.35. The third-order valence-electron chi connectivity index (χ3n) is 3.15. The molecule has 1 atom stereocenters. The van der Waals surface area contributed by atoms with Gasteiger partial charge in [-0.3, -0.25) is 10.1 Å². The topological polar surface area (TPSA) is 55.2 Å². The molecule has 0 heterocycles. The molecule has 2 aromatic rings. The van der Waals surface area contributed by atoms with E-state index in [0.717, 1.165) is 14.3 Å². The number of nitrogens with zero attached hydrogens (tertiary/aromatic N) is 1. The molecule has 4 nitrogen and oxygen atoms in total. The van der Waals surface area contributed by atoms with E-state index in [4.69, 9.17) is 0 Å². The zero-order valence-electron chi connectivity index (χ0n) is 11.7. The van der Waals surface area contributed by atoms with E-state index in [1.54, 1.807) is 23.9 Å². The van der Waals surface area contributed by atoms with Gasteiger partial charge in [-0.25, -0.2) is 0 Å². The van der Waals surface area contributed by atoms with Gasteiger partial charge in [0.15, 0.2) is 0 Å². The summed E-state index contributed by atoms with van der Waals surface area (Å²) in [4.78, 5) is 12.4. The van der Waals surface area contributed by atoms with E-state index >= 15 is 0 Å². The van der Waals surface area contributed by atoms with Gasteiger partial charge in [-0.1, -0.05) is 27.7 Å². The van der Waals surface area contributed by atoms with Gasteiger partial charge in [0.1, 0.15) is 0 Å². The van der Waals surface area contributed by atoms with Crippen LogP contribution in [0.3, 0.4) is 0 Å². The molecule has 0 aromatic heterocycles. The Kier molecular flexibility index (Phi) is 5.39. The summed E-state index contributed by atoms with van der Waals surface area (Å²) in [6, 6.07) is 13.0. The molecule has 6 heteroatoms. The molecule has 0 spiro atoms. The van der Waals surface area contributed by atoms with Crippen molar-refractivity contribution in [3.05, 3.63) is 62.6 Å². The number of nitro benzene ring substituents is 1. The molecular weight excluding hydrogens is 352 g/mol.